The van der Waals surface area contributed by atoms with Crippen molar-refractivity contribution in [1.29, 1.82) is 0 Å². The number of guanidine groups is 1. The maximum atomic E-state index is 12.8. The summed E-state index contributed by atoms with van der Waals surface area (Å²) in [7, 11) is 0. The third-order valence-electron chi connectivity index (χ3n) is 5.32. The number of carbonyl (C=O) groups is 3. The van der Waals surface area contributed by atoms with Gasteiger partial charge in [0.05, 0.1) is 18.8 Å². The Morgan fingerprint density at radius 3 is 2.73 bits per heavy atom. The van der Waals surface area contributed by atoms with E-state index in [0.717, 1.165) is 16.9 Å². The van der Waals surface area contributed by atoms with E-state index in [1.54, 1.807) is 4.90 Å². The lowest BCUT2D eigenvalue weighted by Gasteiger charge is -2.23. The fraction of sp³-hybridized carbons (Fsp3) is 0.333. The maximum Gasteiger partial charge on any atom is 0.302 e. The van der Waals surface area contributed by atoms with Gasteiger partial charge in [-0.25, -0.2) is 4.99 Å². The third kappa shape index (κ3) is 5.68. The zero-order valence-corrected chi connectivity index (χ0v) is 18.5. The van der Waals surface area contributed by atoms with Gasteiger partial charge < -0.3 is 19.3 Å². The zero-order chi connectivity index (χ0) is 23.2. The van der Waals surface area contributed by atoms with Crippen LogP contribution in [0.5, 0.6) is 5.75 Å². The molecule has 2 aromatic rings. The van der Waals surface area contributed by atoms with Crippen molar-refractivity contribution >= 4 is 35.1 Å². The van der Waals surface area contributed by atoms with Gasteiger partial charge in [-0.1, -0.05) is 18.2 Å². The lowest BCUT2D eigenvalue weighted by molar-refractivity contribution is -0.141. The molecule has 0 radical (unpaired) electrons. The number of hydrogen-bond donors (Lipinski definition) is 1. The van der Waals surface area contributed by atoms with Gasteiger partial charge in [0.15, 0.2) is 0 Å². The van der Waals surface area contributed by atoms with Crippen molar-refractivity contribution in [2.75, 3.05) is 31.2 Å². The van der Waals surface area contributed by atoms with Crippen molar-refractivity contribution in [1.82, 2.24) is 10.2 Å². The van der Waals surface area contributed by atoms with Crippen LogP contribution in [-0.2, 0) is 25.7 Å². The van der Waals surface area contributed by atoms with Gasteiger partial charge in [-0.3, -0.25) is 19.7 Å². The normalized spacial score (nSPS) is 14.0. The summed E-state index contributed by atoms with van der Waals surface area (Å²) in [6, 6.07) is 15.0. The molecule has 0 bridgehead atoms. The van der Waals surface area contributed by atoms with E-state index in [1.165, 1.54) is 6.92 Å². The zero-order valence-electron chi connectivity index (χ0n) is 18.5. The Hall–Kier alpha value is -3.88. The molecule has 0 atom stereocenters. The van der Waals surface area contributed by atoms with Gasteiger partial charge in [0.1, 0.15) is 18.9 Å². The number of nitrogens with zero attached hydrogens (tertiary/aromatic N) is 3. The van der Waals surface area contributed by atoms with Crippen LogP contribution in [-0.4, -0.2) is 54.9 Å². The molecule has 9 nitrogen and oxygen atoms in total. The summed E-state index contributed by atoms with van der Waals surface area (Å²) in [6.45, 7) is 3.07. The van der Waals surface area contributed by atoms with E-state index in [-0.39, 0.29) is 24.4 Å². The number of rotatable bonds is 9. The number of amides is 2. The highest BCUT2D eigenvalue weighted by molar-refractivity contribution is 6.05. The van der Waals surface area contributed by atoms with Crippen LogP contribution in [0, 0.1) is 0 Å². The van der Waals surface area contributed by atoms with Crippen molar-refractivity contribution in [3.05, 3.63) is 54.1 Å². The molecule has 1 fully saturated rings. The minimum Gasteiger partial charge on any atom is -0.494 e. The summed E-state index contributed by atoms with van der Waals surface area (Å²) in [5, 5.41) is 2.75. The first kappa shape index (κ1) is 22.3. The summed E-state index contributed by atoms with van der Waals surface area (Å²) in [6.07, 6.45) is 0.842. The highest BCUT2D eigenvalue weighted by Gasteiger charge is 2.29. The van der Waals surface area contributed by atoms with E-state index in [4.69, 9.17) is 9.47 Å². The van der Waals surface area contributed by atoms with Gasteiger partial charge in [0.2, 0.25) is 17.8 Å². The number of carbonyl (C=O) groups excluding carboxylic acids is 3. The minimum absolute atomic E-state index is 0.0555. The summed E-state index contributed by atoms with van der Waals surface area (Å²) in [4.78, 5) is 43.5. The summed E-state index contributed by atoms with van der Waals surface area (Å²) in [5.74, 6) is 0.809. The second-order valence-corrected chi connectivity index (χ2v) is 7.80. The Morgan fingerprint density at radius 1 is 1.12 bits per heavy atom. The molecule has 2 heterocycles. The molecule has 2 aromatic carbocycles. The van der Waals surface area contributed by atoms with Crippen LogP contribution in [0.3, 0.4) is 0 Å². The maximum absolute atomic E-state index is 12.8. The van der Waals surface area contributed by atoms with E-state index >= 15 is 0 Å². The second-order valence-electron chi connectivity index (χ2n) is 7.80. The Balaban J connectivity index is 1.29. The standard InChI is InChI=1S/C24H26N4O5/c1-17(29)32-13-11-28(19-6-3-2-4-7-19)23(31)8-5-12-33-20-9-10-21-18(14-20)15-27-16-22(30)26-24(27)25-21/h2-4,6-7,9-10,14H,5,8,11-13,15-16H2,1H3,(H,25,26,30). The molecule has 1 saturated heterocycles. The fourth-order valence-corrected chi connectivity index (χ4v) is 3.76. The lowest BCUT2D eigenvalue weighted by atomic mass is 10.1. The number of anilines is 1. The molecule has 0 saturated carbocycles. The Bertz CT molecular complexity index is 1070. The quantitative estimate of drug-likeness (QED) is 0.465. The highest BCUT2D eigenvalue weighted by Crippen LogP contribution is 2.30. The van der Waals surface area contributed by atoms with Crippen molar-refractivity contribution in [2.45, 2.75) is 26.3 Å². The van der Waals surface area contributed by atoms with Crippen molar-refractivity contribution in [2.24, 2.45) is 4.99 Å². The molecule has 0 aromatic heterocycles. The number of aliphatic imine (C=N–C) groups is 1. The second kappa shape index (κ2) is 10.2. The van der Waals surface area contributed by atoms with Crippen LogP contribution in [0.1, 0.15) is 25.3 Å². The number of fused-ring (bicyclic) bond motifs is 2. The first-order valence-corrected chi connectivity index (χ1v) is 10.9. The van der Waals surface area contributed by atoms with Crippen LogP contribution >= 0.6 is 0 Å². The largest absolute Gasteiger partial charge is 0.494 e. The van der Waals surface area contributed by atoms with Crippen LogP contribution in [0.25, 0.3) is 0 Å². The van der Waals surface area contributed by atoms with Gasteiger partial charge in [-0.15, -0.1) is 0 Å². The fourth-order valence-electron chi connectivity index (χ4n) is 3.76. The molecule has 1 N–H and O–H groups in total. The van der Waals surface area contributed by atoms with E-state index in [9.17, 15) is 14.4 Å². The molecule has 9 heteroatoms. The molecule has 2 aliphatic rings. The van der Waals surface area contributed by atoms with Crippen molar-refractivity contribution < 1.29 is 23.9 Å². The van der Waals surface area contributed by atoms with E-state index < -0.39 is 0 Å². The first-order chi connectivity index (χ1) is 16.0. The smallest absolute Gasteiger partial charge is 0.302 e. The molecule has 2 amide bonds. The predicted molar refractivity (Wildman–Crippen MR) is 122 cm³/mol. The number of hydrogen-bond acceptors (Lipinski definition) is 7. The summed E-state index contributed by atoms with van der Waals surface area (Å²) < 4.78 is 10.9. The van der Waals surface area contributed by atoms with E-state index in [2.05, 4.69) is 10.3 Å². The molecule has 0 aliphatic carbocycles. The van der Waals surface area contributed by atoms with Gasteiger partial charge >= 0.3 is 5.97 Å². The SMILES string of the molecule is CC(=O)OCCN(C(=O)CCCOc1ccc2c(c1)CN1CC(=O)NC1=N2)c1ccccc1. The van der Waals surface area contributed by atoms with Crippen molar-refractivity contribution in [3.63, 3.8) is 0 Å². The van der Waals surface area contributed by atoms with Gasteiger partial charge in [-0.2, -0.15) is 0 Å². The minimum atomic E-state index is -0.372. The average molecular weight is 450 g/mol. The summed E-state index contributed by atoms with van der Waals surface area (Å²) in [5.41, 5.74) is 2.57. The van der Waals surface area contributed by atoms with Gasteiger partial charge in [-0.05, 0) is 36.8 Å². The van der Waals surface area contributed by atoms with E-state index in [1.807, 2.05) is 53.4 Å². The number of para-hydroxylation sites is 1. The Labute approximate surface area is 192 Å². The number of nitrogens with one attached hydrogen (secondary N) is 1. The first-order valence-electron chi connectivity index (χ1n) is 10.9. The average Bonchev–Trinajstić information content (AvgIpc) is 3.16. The van der Waals surface area contributed by atoms with Crippen LogP contribution in [0.4, 0.5) is 11.4 Å². The topological polar surface area (TPSA) is 101 Å². The monoisotopic (exact) mass is 450 g/mol. The van der Waals surface area contributed by atoms with Crippen LogP contribution in [0.15, 0.2) is 53.5 Å². The highest BCUT2D eigenvalue weighted by atomic mass is 16.5. The predicted octanol–water partition coefficient (Wildman–Crippen LogP) is 2.37. The molecular formula is C24H26N4O5. The third-order valence-corrected chi connectivity index (χ3v) is 5.32. The number of benzene rings is 2. The Kier molecular flexibility index (Phi) is 6.87. The molecule has 4 rings (SSSR count). The van der Waals surface area contributed by atoms with Crippen LogP contribution < -0.4 is 15.0 Å². The molecular weight excluding hydrogens is 424 g/mol. The van der Waals surface area contributed by atoms with Gasteiger partial charge in [0.25, 0.3) is 0 Å². The lowest BCUT2D eigenvalue weighted by Crippen LogP contribution is -2.34. The molecule has 172 valence electrons. The van der Waals surface area contributed by atoms with Gasteiger partial charge in [0, 0.05) is 31.1 Å². The molecule has 2 aliphatic heterocycles. The van der Waals surface area contributed by atoms with Crippen molar-refractivity contribution in [3.8, 4) is 5.75 Å². The molecule has 0 unspecified atom stereocenters. The number of esters is 1. The van der Waals surface area contributed by atoms with Crippen LogP contribution in [0.2, 0.25) is 0 Å². The molecule has 33 heavy (non-hydrogen) atoms. The Morgan fingerprint density at radius 2 is 1.94 bits per heavy atom. The number of ether oxygens (including phenoxy) is 2. The summed E-state index contributed by atoms with van der Waals surface area (Å²) >= 11 is 0. The molecule has 0 spiro atoms. The van der Waals surface area contributed by atoms with E-state index in [0.29, 0.717) is 50.8 Å².